The number of nitrogens with zero attached hydrogens (tertiary/aromatic N) is 2. The molecule has 1 amide bonds. The van der Waals surface area contributed by atoms with Crippen LogP contribution in [0.2, 0.25) is 0 Å². The summed E-state index contributed by atoms with van der Waals surface area (Å²) < 4.78 is 31.8. The standard InChI is InChI=1S/C20H22N4O4S/c1-4-28-18-11-10-15(12-19(18)29(26,27)24(2)3)21-20(25)17-13-16(22-23-17)14-8-6-5-7-9-14/h5-13H,4H2,1-3H3,(H,21,25)(H,22,23). The topological polar surface area (TPSA) is 104 Å². The van der Waals surface area contributed by atoms with Crippen LogP contribution >= 0.6 is 0 Å². The molecule has 0 spiro atoms. The third-order valence-electron chi connectivity index (χ3n) is 4.15. The summed E-state index contributed by atoms with van der Waals surface area (Å²) in [5.41, 5.74) is 2.10. The second-order valence-corrected chi connectivity index (χ2v) is 8.49. The molecule has 0 radical (unpaired) electrons. The molecule has 0 unspecified atom stereocenters. The fourth-order valence-electron chi connectivity index (χ4n) is 2.65. The van der Waals surface area contributed by atoms with Gasteiger partial charge in [-0.05, 0) is 31.2 Å². The number of aromatic amines is 1. The summed E-state index contributed by atoms with van der Waals surface area (Å²) in [7, 11) is -0.875. The Morgan fingerprint density at radius 1 is 1.14 bits per heavy atom. The van der Waals surface area contributed by atoms with Crippen molar-refractivity contribution in [1.82, 2.24) is 14.5 Å². The molecule has 9 heteroatoms. The lowest BCUT2D eigenvalue weighted by atomic mass is 10.1. The second-order valence-electron chi connectivity index (χ2n) is 6.37. The number of carbonyl (C=O) groups is 1. The van der Waals surface area contributed by atoms with E-state index in [0.29, 0.717) is 18.0 Å². The number of aromatic nitrogens is 2. The Hall–Kier alpha value is -3.17. The summed E-state index contributed by atoms with van der Waals surface area (Å²) in [4.78, 5) is 12.6. The van der Waals surface area contributed by atoms with E-state index in [1.807, 2.05) is 30.3 Å². The van der Waals surface area contributed by atoms with Crippen LogP contribution in [0.1, 0.15) is 17.4 Å². The lowest BCUT2D eigenvalue weighted by molar-refractivity contribution is 0.102. The maximum absolute atomic E-state index is 12.6. The average molecular weight is 414 g/mol. The molecule has 8 nitrogen and oxygen atoms in total. The number of rotatable bonds is 7. The first kappa shape index (κ1) is 20.6. The van der Waals surface area contributed by atoms with E-state index in [1.54, 1.807) is 19.1 Å². The Morgan fingerprint density at radius 2 is 1.86 bits per heavy atom. The molecule has 0 saturated heterocycles. The molecule has 2 aromatic carbocycles. The van der Waals surface area contributed by atoms with Gasteiger partial charge in [0, 0.05) is 25.3 Å². The number of hydrogen-bond donors (Lipinski definition) is 2. The van der Waals surface area contributed by atoms with Crippen molar-refractivity contribution in [1.29, 1.82) is 0 Å². The van der Waals surface area contributed by atoms with Crippen molar-refractivity contribution in [3.63, 3.8) is 0 Å². The molecule has 0 fully saturated rings. The molecule has 2 N–H and O–H groups in total. The molecule has 3 aromatic rings. The highest BCUT2D eigenvalue weighted by Crippen LogP contribution is 2.29. The third-order valence-corrected chi connectivity index (χ3v) is 5.99. The number of amides is 1. The predicted octanol–water partition coefficient (Wildman–Crippen LogP) is 2.98. The number of H-pyrrole nitrogens is 1. The number of hydrogen-bond acceptors (Lipinski definition) is 5. The molecule has 1 aromatic heterocycles. The van der Waals surface area contributed by atoms with Crippen LogP contribution in [0.15, 0.2) is 59.5 Å². The number of benzene rings is 2. The molecule has 0 bridgehead atoms. The Bertz CT molecular complexity index is 1110. The normalized spacial score (nSPS) is 11.4. The van der Waals surface area contributed by atoms with Gasteiger partial charge in [-0.1, -0.05) is 30.3 Å². The number of sulfonamides is 1. The molecule has 1 heterocycles. The predicted molar refractivity (Wildman–Crippen MR) is 110 cm³/mol. The first-order chi connectivity index (χ1) is 13.8. The number of ether oxygens (including phenoxy) is 1. The van der Waals surface area contributed by atoms with E-state index in [0.717, 1.165) is 9.87 Å². The van der Waals surface area contributed by atoms with Gasteiger partial charge >= 0.3 is 0 Å². The van der Waals surface area contributed by atoms with E-state index < -0.39 is 15.9 Å². The van der Waals surface area contributed by atoms with Crippen LogP contribution < -0.4 is 10.1 Å². The minimum absolute atomic E-state index is 0.0169. The maximum atomic E-state index is 12.6. The highest BCUT2D eigenvalue weighted by Gasteiger charge is 2.23. The molecule has 0 aliphatic carbocycles. The van der Waals surface area contributed by atoms with Crippen LogP contribution in [0, 0.1) is 0 Å². The van der Waals surface area contributed by atoms with Crippen molar-refractivity contribution in [3.8, 4) is 17.0 Å². The number of anilines is 1. The number of nitrogens with one attached hydrogen (secondary N) is 2. The minimum atomic E-state index is -3.75. The molecule has 0 atom stereocenters. The van der Waals surface area contributed by atoms with Crippen LogP contribution in [0.3, 0.4) is 0 Å². The fourth-order valence-corrected chi connectivity index (χ4v) is 3.70. The van der Waals surface area contributed by atoms with E-state index in [9.17, 15) is 13.2 Å². The van der Waals surface area contributed by atoms with Crippen molar-refractivity contribution in [2.75, 3.05) is 26.0 Å². The van der Waals surface area contributed by atoms with Gasteiger partial charge in [0.25, 0.3) is 5.91 Å². The average Bonchev–Trinajstić information content (AvgIpc) is 3.20. The third kappa shape index (κ3) is 4.47. The molecular weight excluding hydrogens is 392 g/mol. The van der Waals surface area contributed by atoms with Gasteiger partial charge in [-0.3, -0.25) is 9.89 Å². The zero-order valence-electron chi connectivity index (χ0n) is 16.3. The maximum Gasteiger partial charge on any atom is 0.273 e. The minimum Gasteiger partial charge on any atom is -0.492 e. The summed E-state index contributed by atoms with van der Waals surface area (Å²) in [6.45, 7) is 2.09. The van der Waals surface area contributed by atoms with E-state index >= 15 is 0 Å². The van der Waals surface area contributed by atoms with Crippen LogP contribution in [0.4, 0.5) is 5.69 Å². The van der Waals surface area contributed by atoms with Crippen LogP contribution in [0.25, 0.3) is 11.3 Å². The Kier molecular flexibility index (Phi) is 6.00. The fraction of sp³-hybridized carbons (Fsp3) is 0.200. The molecular formula is C20H22N4O4S. The van der Waals surface area contributed by atoms with E-state index in [1.165, 1.54) is 26.2 Å². The molecule has 152 valence electrons. The number of carbonyl (C=O) groups excluding carboxylic acids is 1. The quantitative estimate of drug-likeness (QED) is 0.618. The van der Waals surface area contributed by atoms with Gasteiger partial charge in [-0.2, -0.15) is 5.10 Å². The summed E-state index contributed by atoms with van der Waals surface area (Å²) >= 11 is 0. The van der Waals surface area contributed by atoms with Gasteiger partial charge in [-0.15, -0.1) is 0 Å². The summed E-state index contributed by atoms with van der Waals surface area (Å²) in [6.07, 6.45) is 0. The summed E-state index contributed by atoms with van der Waals surface area (Å²) in [5.74, 6) is -0.204. The van der Waals surface area contributed by atoms with Gasteiger partial charge in [-0.25, -0.2) is 12.7 Å². The van der Waals surface area contributed by atoms with Crippen molar-refractivity contribution < 1.29 is 17.9 Å². The first-order valence-electron chi connectivity index (χ1n) is 8.94. The van der Waals surface area contributed by atoms with Crippen LogP contribution in [0.5, 0.6) is 5.75 Å². The van der Waals surface area contributed by atoms with Gasteiger partial charge in [0.2, 0.25) is 10.0 Å². The van der Waals surface area contributed by atoms with Crippen LogP contribution in [-0.2, 0) is 10.0 Å². The molecule has 0 aliphatic heterocycles. The zero-order chi connectivity index (χ0) is 21.0. The smallest absolute Gasteiger partial charge is 0.273 e. The van der Waals surface area contributed by atoms with Gasteiger partial charge < -0.3 is 10.1 Å². The van der Waals surface area contributed by atoms with Gasteiger partial charge in [0.15, 0.2) is 0 Å². The highest BCUT2D eigenvalue weighted by atomic mass is 32.2. The lowest BCUT2D eigenvalue weighted by Gasteiger charge is -2.16. The molecule has 29 heavy (non-hydrogen) atoms. The molecule has 0 aliphatic rings. The van der Waals surface area contributed by atoms with E-state index in [2.05, 4.69) is 15.5 Å². The molecule has 3 rings (SSSR count). The van der Waals surface area contributed by atoms with Crippen LogP contribution in [-0.4, -0.2) is 49.5 Å². The van der Waals surface area contributed by atoms with Crippen molar-refractivity contribution >= 4 is 21.6 Å². The summed E-state index contributed by atoms with van der Waals surface area (Å²) in [6, 6.07) is 15.6. The van der Waals surface area contributed by atoms with E-state index in [4.69, 9.17) is 4.74 Å². The Balaban J connectivity index is 1.87. The van der Waals surface area contributed by atoms with E-state index in [-0.39, 0.29) is 16.3 Å². The molecule has 0 saturated carbocycles. The Morgan fingerprint density at radius 3 is 2.52 bits per heavy atom. The van der Waals surface area contributed by atoms with Crippen molar-refractivity contribution in [2.24, 2.45) is 0 Å². The van der Waals surface area contributed by atoms with Crippen molar-refractivity contribution in [3.05, 3.63) is 60.3 Å². The Labute approximate surface area is 169 Å². The SMILES string of the molecule is CCOc1ccc(NC(=O)c2cc(-c3ccccc3)n[nH]2)cc1S(=O)(=O)N(C)C. The first-order valence-corrected chi connectivity index (χ1v) is 10.4. The summed E-state index contributed by atoms with van der Waals surface area (Å²) in [5, 5.41) is 9.56. The van der Waals surface area contributed by atoms with Gasteiger partial charge in [0.1, 0.15) is 16.3 Å². The van der Waals surface area contributed by atoms with Crippen molar-refractivity contribution in [2.45, 2.75) is 11.8 Å². The lowest BCUT2D eigenvalue weighted by Crippen LogP contribution is -2.23. The largest absolute Gasteiger partial charge is 0.492 e. The second kappa shape index (κ2) is 8.46. The monoisotopic (exact) mass is 414 g/mol. The highest BCUT2D eigenvalue weighted by molar-refractivity contribution is 7.89. The van der Waals surface area contributed by atoms with Gasteiger partial charge in [0.05, 0.1) is 12.3 Å². The zero-order valence-corrected chi connectivity index (χ0v) is 17.2.